The van der Waals surface area contributed by atoms with Gasteiger partial charge in [-0.3, -0.25) is 0 Å². The van der Waals surface area contributed by atoms with E-state index in [9.17, 15) is 9.50 Å². The molecule has 0 fully saturated rings. The van der Waals surface area contributed by atoms with Crippen LogP contribution in [-0.4, -0.2) is 11.7 Å². The average Bonchev–Trinajstić information content (AvgIpc) is 2.43. The molecule has 0 radical (unpaired) electrons. The summed E-state index contributed by atoms with van der Waals surface area (Å²) in [6.07, 6.45) is -1.01. The summed E-state index contributed by atoms with van der Waals surface area (Å²) >= 11 is 5.74. The van der Waals surface area contributed by atoms with Crippen molar-refractivity contribution in [2.45, 2.75) is 25.9 Å². The van der Waals surface area contributed by atoms with Crippen LogP contribution in [0.25, 0.3) is 0 Å². The molecular weight excluding hydrogens is 289 g/mol. The van der Waals surface area contributed by atoms with Gasteiger partial charge in [0.2, 0.25) is 0 Å². The van der Waals surface area contributed by atoms with Crippen LogP contribution in [0.2, 0.25) is 5.02 Å². The second-order valence-electron chi connectivity index (χ2n) is 5.30. The van der Waals surface area contributed by atoms with E-state index in [1.165, 1.54) is 17.7 Å². The zero-order chi connectivity index (χ0) is 15.6. The molecule has 0 aliphatic carbocycles. The Bertz CT molecular complexity index is 645. The molecule has 2 aromatic carbocycles. The summed E-state index contributed by atoms with van der Waals surface area (Å²) in [4.78, 5) is 0. The zero-order valence-electron chi connectivity index (χ0n) is 12.1. The van der Waals surface area contributed by atoms with Gasteiger partial charge in [-0.1, -0.05) is 35.9 Å². The second-order valence-corrected chi connectivity index (χ2v) is 5.73. The number of aliphatic hydroxyl groups excluding tert-OH is 1. The fourth-order valence-electron chi connectivity index (χ4n) is 2.40. The Kier molecular flexibility index (Phi) is 4.99. The highest BCUT2D eigenvalue weighted by Gasteiger charge is 2.24. The van der Waals surface area contributed by atoms with Gasteiger partial charge in [0.1, 0.15) is 5.82 Å². The van der Waals surface area contributed by atoms with Crippen molar-refractivity contribution in [3.05, 3.63) is 69.5 Å². The summed E-state index contributed by atoms with van der Waals surface area (Å²) in [6, 6.07) is 10.2. The van der Waals surface area contributed by atoms with E-state index in [0.29, 0.717) is 5.02 Å². The van der Waals surface area contributed by atoms with Gasteiger partial charge in [0, 0.05) is 23.0 Å². The van der Waals surface area contributed by atoms with E-state index in [0.717, 1.165) is 11.1 Å². The van der Waals surface area contributed by atoms with Gasteiger partial charge in [-0.25, -0.2) is 4.39 Å². The fraction of sp³-hybridized carbons (Fsp3) is 0.294. The van der Waals surface area contributed by atoms with Crippen LogP contribution < -0.4 is 5.73 Å². The summed E-state index contributed by atoms with van der Waals surface area (Å²) in [7, 11) is 0. The monoisotopic (exact) mass is 307 g/mol. The third kappa shape index (κ3) is 3.43. The maximum Gasteiger partial charge on any atom is 0.130 e. The van der Waals surface area contributed by atoms with Crippen LogP contribution >= 0.6 is 11.6 Å². The van der Waals surface area contributed by atoms with Crippen molar-refractivity contribution in [3.8, 4) is 0 Å². The summed E-state index contributed by atoms with van der Waals surface area (Å²) in [5, 5.41) is 10.8. The Morgan fingerprint density at radius 3 is 2.43 bits per heavy atom. The largest absolute Gasteiger partial charge is 0.388 e. The first-order valence-electron chi connectivity index (χ1n) is 6.84. The van der Waals surface area contributed by atoms with Crippen molar-refractivity contribution in [1.82, 2.24) is 0 Å². The molecule has 0 aromatic heterocycles. The van der Waals surface area contributed by atoms with Gasteiger partial charge >= 0.3 is 0 Å². The molecule has 0 aliphatic rings. The van der Waals surface area contributed by atoms with Gasteiger partial charge in [0.05, 0.1) is 6.10 Å². The van der Waals surface area contributed by atoms with E-state index >= 15 is 0 Å². The van der Waals surface area contributed by atoms with Gasteiger partial charge in [-0.15, -0.1) is 0 Å². The lowest BCUT2D eigenvalue weighted by molar-refractivity contribution is 0.143. The Balaban J connectivity index is 2.37. The standard InChI is InChI=1S/C17H19ClFNO/c1-10-3-4-12(7-11(10)2)15(9-20)17(21)14-6-5-13(18)8-16(14)19/h3-8,15,17,21H,9,20H2,1-2H3. The Morgan fingerprint density at radius 2 is 1.86 bits per heavy atom. The quantitative estimate of drug-likeness (QED) is 0.900. The highest BCUT2D eigenvalue weighted by atomic mass is 35.5. The molecule has 0 aliphatic heterocycles. The third-order valence-corrected chi connectivity index (χ3v) is 4.11. The number of hydrogen-bond donors (Lipinski definition) is 2. The van der Waals surface area contributed by atoms with Gasteiger partial charge in [0.15, 0.2) is 0 Å². The molecule has 2 aromatic rings. The van der Waals surface area contributed by atoms with Crippen molar-refractivity contribution < 1.29 is 9.50 Å². The first kappa shape index (κ1) is 16.0. The zero-order valence-corrected chi connectivity index (χ0v) is 12.9. The predicted octanol–water partition coefficient (Wildman–Crippen LogP) is 3.87. The maximum absolute atomic E-state index is 14.0. The molecule has 2 rings (SSSR count). The average molecular weight is 308 g/mol. The molecule has 3 N–H and O–H groups in total. The molecule has 2 nitrogen and oxygen atoms in total. The predicted molar refractivity (Wildman–Crippen MR) is 84.1 cm³/mol. The number of hydrogen-bond acceptors (Lipinski definition) is 2. The highest BCUT2D eigenvalue weighted by Crippen LogP contribution is 2.33. The first-order chi connectivity index (χ1) is 9.93. The lowest BCUT2D eigenvalue weighted by Gasteiger charge is -2.23. The van der Waals surface area contributed by atoms with Crippen LogP contribution in [0, 0.1) is 19.7 Å². The molecule has 4 heteroatoms. The van der Waals surface area contributed by atoms with Crippen LogP contribution in [0.4, 0.5) is 4.39 Å². The van der Waals surface area contributed by atoms with Gasteiger partial charge in [-0.05, 0) is 42.7 Å². The van der Waals surface area contributed by atoms with E-state index in [1.807, 2.05) is 32.0 Å². The minimum Gasteiger partial charge on any atom is -0.388 e. The number of nitrogens with two attached hydrogens (primary N) is 1. The van der Waals surface area contributed by atoms with Crippen molar-refractivity contribution in [1.29, 1.82) is 0 Å². The number of aryl methyl sites for hydroxylation is 2. The molecule has 0 spiro atoms. The number of rotatable bonds is 4. The van der Waals surface area contributed by atoms with Gasteiger partial charge < -0.3 is 10.8 Å². The smallest absolute Gasteiger partial charge is 0.130 e. The van der Waals surface area contributed by atoms with Crippen LogP contribution in [-0.2, 0) is 0 Å². The van der Waals surface area contributed by atoms with Crippen LogP contribution in [0.15, 0.2) is 36.4 Å². The summed E-state index contributed by atoms with van der Waals surface area (Å²) in [6.45, 7) is 4.25. The third-order valence-electron chi connectivity index (χ3n) is 3.88. The Hall–Kier alpha value is -1.42. The summed E-state index contributed by atoms with van der Waals surface area (Å²) in [5.74, 6) is -0.878. The molecule has 0 bridgehead atoms. The lowest BCUT2D eigenvalue weighted by Crippen LogP contribution is -2.21. The molecule has 2 unspecified atom stereocenters. The van der Waals surface area contributed by atoms with E-state index < -0.39 is 11.9 Å². The molecule has 0 saturated heterocycles. The van der Waals surface area contributed by atoms with Gasteiger partial charge in [0.25, 0.3) is 0 Å². The molecule has 21 heavy (non-hydrogen) atoms. The highest BCUT2D eigenvalue weighted by molar-refractivity contribution is 6.30. The molecule has 0 amide bonds. The topological polar surface area (TPSA) is 46.2 Å². The van der Waals surface area contributed by atoms with Crippen LogP contribution in [0.5, 0.6) is 0 Å². The molecular formula is C17H19ClFNO. The molecule has 2 atom stereocenters. The minimum atomic E-state index is -1.01. The maximum atomic E-state index is 14.0. The molecule has 112 valence electrons. The second kappa shape index (κ2) is 6.56. The van der Waals surface area contributed by atoms with Crippen molar-refractivity contribution in [3.63, 3.8) is 0 Å². The first-order valence-corrected chi connectivity index (χ1v) is 7.22. The lowest BCUT2D eigenvalue weighted by atomic mass is 9.87. The normalized spacial score (nSPS) is 14.0. The van der Waals surface area contributed by atoms with Crippen LogP contribution in [0.1, 0.15) is 34.3 Å². The summed E-state index contributed by atoms with van der Waals surface area (Å²) in [5.41, 5.74) is 9.21. The Labute approximate surface area is 129 Å². The molecule has 0 saturated carbocycles. The van der Waals surface area contributed by atoms with E-state index in [1.54, 1.807) is 6.07 Å². The summed E-state index contributed by atoms with van der Waals surface area (Å²) < 4.78 is 14.0. The fourth-order valence-corrected chi connectivity index (χ4v) is 2.56. The van der Waals surface area contributed by atoms with Crippen LogP contribution in [0.3, 0.4) is 0 Å². The van der Waals surface area contributed by atoms with E-state index in [2.05, 4.69) is 0 Å². The van der Waals surface area contributed by atoms with E-state index in [4.69, 9.17) is 17.3 Å². The number of benzene rings is 2. The SMILES string of the molecule is Cc1ccc(C(CN)C(O)c2ccc(Cl)cc2F)cc1C. The number of aliphatic hydroxyl groups is 1. The molecule has 0 heterocycles. The number of halogens is 2. The van der Waals surface area contributed by atoms with Crippen molar-refractivity contribution in [2.75, 3.05) is 6.54 Å². The van der Waals surface area contributed by atoms with Gasteiger partial charge in [-0.2, -0.15) is 0 Å². The minimum absolute atomic E-state index is 0.216. The van der Waals surface area contributed by atoms with Crippen molar-refractivity contribution >= 4 is 11.6 Å². The van der Waals surface area contributed by atoms with Crippen molar-refractivity contribution in [2.24, 2.45) is 5.73 Å². The Morgan fingerprint density at radius 1 is 1.14 bits per heavy atom. The van der Waals surface area contributed by atoms with E-state index in [-0.39, 0.29) is 18.0 Å².